The first-order valence-electron chi connectivity index (χ1n) is 5.79. The molecule has 2 aromatic rings. The van der Waals surface area contributed by atoms with Crippen LogP contribution >= 0.6 is 0 Å². The van der Waals surface area contributed by atoms with Gasteiger partial charge in [0.05, 0.1) is 11.8 Å². The van der Waals surface area contributed by atoms with Gasteiger partial charge in [-0.3, -0.25) is 4.98 Å². The first kappa shape index (κ1) is 12.9. The number of benzene rings is 1. The Morgan fingerprint density at radius 3 is 2.68 bits per heavy atom. The molecule has 98 valence electrons. The first-order valence-corrected chi connectivity index (χ1v) is 5.79. The van der Waals surface area contributed by atoms with Gasteiger partial charge in [-0.25, -0.2) is 0 Å². The second-order valence-electron chi connectivity index (χ2n) is 4.22. The van der Waals surface area contributed by atoms with Crippen molar-refractivity contribution in [3.8, 4) is 11.5 Å². The highest BCUT2D eigenvalue weighted by atomic mass is 16.5. The zero-order chi connectivity index (χ0) is 13.8. The molecule has 0 saturated carbocycles. The molecule has 0 fully saturated rings. The lowest BCUT2D eigenvalue weighted by atomic mass is 10.1. The van der Waals surface area contributed by atoms with Gasteiger partial charge in [0.15, 0.2) is 5.84 Å². The fraction of sp³-hybridized carbons (Fsp3) is 0.143. The largest absolute Gasteiger partial charge is 0.455 e. The van der Waals surface area contributed by atoms with Crippen LogP contribution in [0.1, 0.15) is 16.8 Å². The van der Waals surface area contributed by atoms with E-state index in [1.54, 1.807) is 12.3 Å². The van der Waals surface area contributed by atoms with E-state index in [2.05, 4.69) is 10.1 Å². The summed E-state index contributed by atoms with van der Waals surface area (Å²) < 4.78 is 5.73. The molecule has 0 saturated heterocycles. The van der Waals surface area contributed by atoms with Gasteiger partial charge in [0.1, 0.15) is 11.5 Å². The number of amidine groups is 1. The second kappa shape index (κ2) is 5.39. The molecule has 5 nitrogen and oxygen atoms in total. The number of hydrogen-bond acceptors (Lipinski definition) is 4. The Kier molecular flexibility index (Phi) is 3.66. The minimum Gasteiger partial charge on any atom is -0.455 e. The summed E-state index contributed by atoms with van der Waals surface area (Å²) in [5.74, 6) is 1.14. The van der Waals surface area contributed by atoms with Crippen LogP contribution in [0.4, 0.5) is 0 Å². The van der Waals surface area contributed by atoms with E-state index < -0.39 is 0 Å². The van der Waals surface area contributed by atoms with E-state index in [1.807, 2.05) is 38.1 Å². The van der Waals surface area contributed by atoms with Crippen molar-refractivity contribution in [1.29, 1.82) is 0 Å². The molecule has 0 aliphatic rings. The molecule has 0 aliphatic heterocycles. The third-order valence-corrected chi connectivity index (χ3v) is 2.63. The number of oxime groups is 1. The summed E-state index contributed by atoms with van der Waals surface area (Å²) in [5, 5.41) is 11.8. The van der Waals surface area contributed by atoms with Crippen LogP contribution in [-0.2, 0) is 0 Å². The molecule has 3 N–H and O–H groups in total. The van der Waals surface area contributed by atoms with Crippen molar-refractivity contribution in [3.63, 3.8) is 0 Å². The Morgan fingerprint density at radius 2 is 2.05 bits per heavy atom. The number of hydrogen-bond donors (Lipinski definition) is 2. The third kappa shape index (κ3) is 3.01. The van der Waals surface area contributed by atoms with E-state index in [9.17, 15) is 0 Å². The third-order valence-electron chi connectivity index (χ3n) is 2.63. The number of aryl methyl sites for hydroxylation is 2. The summed E-state index contributed by atoms with van der Waals surface area (Å²) in [6.07, 6.45) is 1.63. The van der Waals surface area contributed by atoms with Crippen molar-refractivity contribution < 1.29 is 9.94 Å². The fourth-order valence-corrected chi connectivity index (χ4v) is 1.62. The van der Waals surface area contributed by atoms with Gasteiger partial charge in [0.25, 0.3) is 0 Å². The lowest BCUT2D eigenvalue weighted by Gasteiger charge is -2.11. The standard InChI is InChI=1S/C14H15N3O2/c1-9-3-6-12(14(15)17-18)13(7-9)19-11-5-4-10(2)16-8-11/h3-8,18H,1-2H3,(H2,15,17). The molecule has 0 amide bonds. The average Bonchev–Trinajstić information content (AvgIpc) is 2.41. The van der Waals surface area contributed by atoms with E-state index in [1.165, 1.54) is 0 Å². The predicted octanol–water partition coefficient (Wildman–Crippen LogP) is 2.59. The van der Waals surface area contributed by atoms with Crippen LogP contribution in [0, 0.1) is 13.8 Å². The molecular formula is C14H15N3O2. The lowest BCUT2D eigenvalue weighted by molar-refractivity contribution is 0.318. The van der Waals surface area contributed by atoms with Crippen LogP contribution in [0.2, 0.25) is 0 Å². The van der Waals surface area contributed by atoms with Crippen molar-refractivity contribution in [3.05, 3.63) is 53.3 Å². The molecule has 19 heavy (non-hydrogen) atoms. The topological polar surface area (TPSA) is 80.7 Å². The summed E-state index contributed by atoms with van der Waals surface area (Å²) in [6.45, 7) is 3.84. The number of nitrogens with two attached hydrogens (primary N) is 1. The smallest absolute Gasteiger partial charge is 0.173 e. The minimum absolute atomic E-state index is 0.00932. The molecule has 0 radical (unpaired) electrons. The number of ether oxygens (including phenoxy) is 1. The molecule has 1 heterocycles. The Hall–Kier alpha value is -2.56. The normalized spacial score (nSPS) is 11.4. The van der Waals surface area contributed by atoms with Gasteiger partial charge in [-0.2, -0.15) is 0 Å². The minimum atomic E-state index is 0.00932. The number of nitrogens with zero attached hydrogens (tertiary/aromatic N) is 2. The molecule has 0 aliphatic carbocycles. The Morgan fingerprint density at radius 1 is 1.26 bits per heavy atom. The van der Waals surface area contributed by atoms with E-state index in [-0.39, 0.29) is 5.84 Å². The zero-order valence-electron chi connectivity index (χ0n) is 10.8. The Labute approximate surface area is 111 Å². The summed E-state index contributed by atoms with van der Waals surface area (Å²) >= 11 is 0. The molecule has 0 unspecified atom stereocenters. The predicted molar refractivity (Wildman–Crippen MR) is 72.7 cm³/mol. The molecule has 1 aromatic heterocycles. The van der Waals surface area contributed by atoms with Crippen LogP contribution in [0.25, 0.3) is 0 Å². The van der Waals surface area contributed by atoms with Crippen molar-refractivity contribution >= 4 is 5.84 Å². The van der Waals surface area contributed by atoms with E-state index in [0.29, 0.717) is 17.1 Å². The molecule has 1 aromatic carbocycles. The van der Waals surface area contributed by atoms with Gasteiger partial charge in [-0.15, -0.1) is 0 Å². The summed E-state index contributed by atoms with van der Waals surface area (Å²) in [7, 11) is 0. The van der Waals surface area contributed by atoms with Gasteiger partial charge in [-0.1, -0.05) is 11.2 Å². The van der Waals surface area contributed by atoms with Crippen LogP contribution in [0.15, 0.2) is 41.7 Å². The van der Waals surface area contributed by atoms with E-state index in [4.69, 9.17) is 15.7 Å². The van der Waals surface area contributed by atoms with Gasteiger partial charge in [0, 0.05) is 5.69 Å². The van der Waals surface area contributed by atoms with Crippen molar-refractivity contribution in [2.75, 3.05) is 0 Å². The van der Waals surface area contributed by atoms with Crippen LogP contribution in [0.3, 0.4) is 0 Å². The van der Waals surface area contributed by atoms with Gasteiger partial charge >= 0.3 is 0 Å². The maximum absolute atomic E-state index is 8.78. The SMILES string of the molecule is Cc1ccc(C(N)=NO)c(Oc2ccc(C)nc2)c1. The van der Waals surface area contributed by atoms with Crippen molar-refractivity contribution in [2.24, 2.45) is 10.9 Å². The van der Waals surface area contributed by atoms with Gasteiger partial charge < -0.3 is 15.7 Å². The van der Waals surface area contributed by atoms with E-state index in [0.717, 1.165) is 11.3 Å². The zero-order valence-corrected chi connectivity index (χ0v) is 10.8. The maximum atomic E-state index is 8.78. The van der Waals surface area contributed by atoms with Crippen LogP contribution in [-0.4, -0.2) is 16.0 Å². The van der Waals surface area contributed by atoms with Crippen LogP contribution in [0.5, 0.6) is 11.5 Å². The molecule has 0 atom stereocenters. The average molecular weight is 257 g/mol. The molecule has 0 bridgehead atoms. The summed E-state index contributed by atoms with van der Waals surface area (Å²) in [5.41, 5.74) is 8.09. The highest BCUT2D eigenvalue weighted by Crippen LogP contribution is 2.26. The fourth-order valence-electron chi connectivity index (χ4n) is 1.62. The van der Waals surface area contributed by atoms with Crippen molar-refractivity contribution in [2.45, 2.75) is 13.8 Å². The molecule has 0 spiro atoms. The molecule has 2 rings (SSSR count). The molecule has 5 heteroatoms. The number of rotatable bonds is 3. The summed E-state index contributed by atoms with van der Waals surface area (Å²) in [6, 6.07) is 9.12. The summed E-state index contributed by atoms with van der Waals surface area (Å²) in [4.78, 5) is 4.16. The number of pyridine rings is 1. The van der Waals surface area contributed by atoms with Crippen LogP contribution < -0.4 is 10.5 Å². The monoisotopic (exact) mass is 257 g/mol. The lowest BCUT2D eigenvalue weighted by Crippen LogP contribution is -2.14. The number of aromatic nitrogens is 1. The van der Waals surface area contributed by atoms with Gasteiger partial charge in [0.2, 0.25) is 0 Å². The first-order chi connectivity index (χ1) is 9.10. The van der Waals surface area contributed by atoms with Crippen molar-refractivity contribution in [1.82, 2.24) is 4.98 Å². The maximum Gasteiger partial charge on any atom is 0.173 e. The van der Waals surface area contributed by atoms with E-state index >= 15 is 0 Å². The quantitative estimate of drug-likeness (QED) is 0.383. The Bertz CT molecular complexity index is 607. The highest BCUT2D eigenvalue weighted by molar-refractivity contribution is 5.99. The second-order valence-corrected chi connectivity index (χ2v) is 4.22. The molecular weight excluding hydrogens is 242 g/mol. The highest BCUT2D eigenvalue weighted by Gasteiger charge is 2.09. The Balaban J connectivity index is 2.38. The van der Waals surface area contributed by atoms with Gasteiger partial charge in [-0.05, 0) is 43.7 Å².